The number of hydrogen-bond donors (Lipinski definition) is 1. The summed E-state index contributed by atoms with van der Waals surface area (Å²) in [5.74, 6) is 1.71. The second-order valence-electron chi connectivity index (χ2n) is 6.03. The van der Waals surface area contributed by atoms with Gasteiger partial charge in [0.2, 0.25) is 0 Å². The van der Waals surface area contributed by atoms with E-state index >= 15 is 0 Å². The van der Waals surface area contributed by atoms with Crippen LogP contribution in [0.15, 0.2) is 18.2 Å². The van der Waals surface area contributed by atoms with Crippen molar-refractivity contribution in [3.8, 4) is 11.4 Å². The molecule has 0 fully saturated rings. The molecule has 0 bridgehead atoms. The van der Waals surface area contributed by atoms with Gasteiger partial charge in [-0.1, -0.05) is 17.2 Å². The summed E-state index contributed by atoms with van der Waals surface area (Å²) in [6.07, 6.45) is 0. The average molecular weight is 258 g/mol. The predicted octanol–water partition coefficient (Wildman–Crippen LogP) is 2.78. The predicted molar refractivity (Wildman–Crippen MR) is 77.8 cm³/mol. The summed E-state index contributed by atoms with van der Waals surface area (Å²) < 4.78 is 2.13. The maximum Gasteiger partial charge on any atom is 0.164 e. The molecule has 0 aliphatic heterocycles. The monoisotopic (exact) mass is 258 g/mol. The van der Waals surface area contributed by atoms with E-state index in [0.29, 0.717) is 6.54 Å². The lowest BCUT2D eigenvalue weighted by Gasteiger charge is -2.25. The molecular formula is C15H22N4. The Morgan fingerprint density at radius 2 is 1.63 bits per heavy atom. The first-order chi connectivity index (χ1) is 8.82. The summed E-state index contributed by atoms with van der Waals surface area (Å²) >= 11 is 0. The van der Waals surface area contributed by atoms with E-state index in [4.69, 9.17) is 5.73 Å². The molecule has 0 amide bonds. The van der Waals surface area contributed by atoms with Gasteiger partial charge in [0.1, 0.15) is 5.82 Å². The number of hydrogen-bond acceptors (Lipinski definition) is 3. The Kier molecular flexibility index (Phi) is 3.45. The Balaban J connectivity index is 2.66. The third-order valence-electron chi connectivity index (χ3n) is 3.06. The van der Waals surface area contributed by atoms with Crippen LogP contribution in [0.25, 0.3) is 11.4 Å². The van der Waals surface area contributed by atoms with Crippen molar-refractivity contribution in [1.82, 2.24) is 14.8 Å². The molecule has 4 heteroatoms. The maximum atomic E-state index is 5.78. The molecule has 1 aromatic heterocycles. The van der Waals surface area contributed by atoms with E-state index in [0.717, 1.165) is 17.2 Å². The molecular weight excluding hydrogens is 236 g/mol. The molecule has 19 heavy (non-hydrogen) atoms. The highest BCUT2D eigenvalue weighted by molar-refractivity contribution is 5.58. The lowest BCUT2D eigenvalue weighted by molar-refractivity contribution is 0.386. The van der Waals surface area contributed by atoms with Crippen molar-refractivity contribution >= 4 is 0 Å². The minimum Gasteiger partial charge on any atom is -0.324 e. The Hall–Kier alpha value is -1.68. The average Bonchev–Trinajstić information content (AvgIpc) is 2.70. The first-order valence-corrected chi connectivity index (χ1v) is 6.56. The Bertz CT molecular complexity index is 570. The minimum atomic E-state index is -0.0921. The standard InChI is InChI=1S/C15H22N4/c1-10-6-11(2)8-12(7-10)14-18-17-13(9-16)19(14)15(3,4)5/h6-8H,9,16H2,1-5H3. The summed E-state index contributed by atoms with van der Waals surface area (Å²) in [5.41, 5.74) is 9.24. The molecule has 1 aromatic carbocycles. The van der Waals surface area contributed by atoms with Crippen LogP contribution in [0.5, 0.6) is 0 Å². The molecule has 0 aliphatic carbocycles. The van der Waals surface area contributed by atoms with E-state index in [2.05, 4.69) is 67.6 Å². The highest BCUT2D eigenvalue weighted by Gasteiger charge is 2.23. The zero-order valence-electron chi connectivity index (χ0n) is 12.4. The van der Waals surface area contributed by atoms with Crippen LogP contribution >= 0.6 is 0 Å². The number of benzene rings is 1. The zero-order valence-corrected chi connectivity index (χ0v) is 12.4. The van der Waals surface area contributed by atoms with Gasteiger partial charge in [0.25, 0.3) is 0 Å². The van der Waals surface area contributed by atoms with Gasteiger partial charge in [0, 0.05) is 11.1 Å². The van der Waals surface area contributed by atoms with E-state index in [9.17, 15) is 0 Å². The molecule has 4 nitrogen and oxygen atoms in total. The molecule has 0 atom stereocenters. The highest BCUT2D eigenvalue weighted by Crippen LogP contribution is 2.27. The molecule has 2 N–H and O–H groups in total. The van der Waals surface area contributed by atoms with Gasteiger partial charge in [-0.3, -0.25) is 0 Å². The smallest absolute Gasteiger partial charge is 0.164 e. The van der Waals surface area contributed by atoms with Crippen LogP contribution in [0.2, 0.25) is 0 Å². The van der Waals surface area contributed by atoms with Gasteiger partial charge in [-0.25, -0.2) is 0 Å². The van der Waals surface area contributed by atoms with Crippen molar-refractivity contribution in [3.05, 3.63) is 35.2 Å². The first-order valence-electron chi connectivity index (χ1n) is 6.56. The van der Waals surface area contributed by atoms with Crippen LogP contribution < -0.4 is 5.73 Å². The van der Waals surface area contributed by atoms with Crippen molar-refractivity contribution in [1.29, 1.82) is 0 Å². The van der Waals surface area contributed by atoms with Crippen LogP contribution in [-0.4, -0.2) is 14.8 Å². The Morgan fingerprint density at radius 1 is 1.05 bits per heavy atom. The Morgan fingerprint density at radius 3 is 2.11 bits per heavy atom. The number of aryl methyl sites for hydroxylation is 2. The van der Waals surface area contributed by atoms with E-state index < -0.39 is 0 Å². The summed E-state index contributed by atoms with van der Waals surface area (Å²) in [7, 11) is 0. The van der Waals surface area contributed by atoms with Crippen LogP contribution in [-0.2, 0) is 12.1 Å². The summed E-state index contributed by atoms with van der Waals surface area (Å²) in [4.78, 5) is 0. The van der Waals surface area contributed by atoms with Crippen LogP contribution in [0.3, 0.4) is 0 Å². The van der Waals surface area contributed by atoms with Gasteiger partial charge in [-0.15, -0.1) is 10.2 Å². The van der Waals surface area contributed by atoms with E-state index in [1.54, 1.807) is 0 Å². The van der Waals surface area contributed by atoms with Crippen LogP contribution in [0.4, 0.5) is 0 Å². The van der Waals surface area contributed by atoms with Gasteiger partial charge in [-0.05, 0) is 46.8 Å². The molecule has 1 heterocycles. The van der Waals surface area contributed by atoms with Crippen molar-refractivity contribution in [2.24, 2.45) is 5.73 Å². The third-order valence-corrected chi connectivity index (χ3v) is 3.06. The van der Waals surface area contributed by atoms with Gasteiger partial charge >= 0.3 is 0 Å². The maximum absolute atomic E-state index is 5.78. The normalized spacial score (nSPS) is 11.9. The third kappa shape index (κ3) is 2.68. The number of nitrogens with two attached hydrogens (primary N) is 1. The van der Waals surface area contributed by atoms with Gasteiger partial charge in [0.05, 0.1) is 6.54 Å². The lowest BCUT2D eigenvalue weighted by atomic mass is 10.0. The molecule has 102 valence electrons. The molecule has 0 spiro atoms. The molecule has 2 rings (SSSR count). The largest absolute Gasteiger partial charge is 0.324 e. The summed E-state index contributed by atoms with van der Waals surface area (Å²) in [6, 6.07) is 6.43. The minimum absolute atomic E-state index is 0.0921. The second-order valence-corrected chi connectivity index (χ2v) is 6.03. The van der Waals surface area contributed by atoms with Crippen molar-refractivity contribution in [3.63, 3.8) is 0 Å². The van der Waals surface area contributed by atoms with Crippen molar-refractivity contribution in [2.45, 2.75) is 46.7 Å². The molecule has 2 aromatic rings. The fourth-order valence-corrected chi connectivity index (χ4v) is 2.44. The van der Waals surface area contributed by atoms with Crippen LogP contribution in [0, 0.1) is 13.8 Å². The number of aromatic nitrogens is 3. The summed E-state index contributed by atoms with van der Waals surface area (Å²) in [5, 5.41) is 8.56. The fourth-order valence-electron chi connectivity index (χ4n) is 2.44. The van der Waals surface area contributed by atoms with Gasteiger partial charge < -0.3 is 10.3 Å². The molecule has 0 aliphatic rings. The number of nitrogens with zero attached hydrogens (tertiary/aromatic N) is 3. The summed E-state index contributed by atoms with van der Waals surface area (Å²) in [6.45, 7) is 11.0. The van der Waals surface area contributed by atoms with E-state index in [1.807, 2.05) is 0 Å². The zero-order chi connectivity index (χ0) is 14.2. The molecule has 0 unspecified atom stereocenters. The molecule has 0 saturated carbocycles. The van der Waals surface area contributed by atoms with E-state index in [1.165, 1.54) is 11.1 Å². The van der Waals surface area contributed by atoms with Gasteiger partial charge in [-0.2, -0.15) is 0 Å². The second kappa shape index (κ2) is 4.78. The lowest BCUT2D eigenvalue weighted by Crippen LogP contribution is -2.26. The first kappa shape index (κ1) is 13.7. The van der Waals surface area contributed by atoms with Gasteiger partial charge in [0.15, 0.2) is 5.82 Å². The van der Waals surface area contributed by atoms with Crippen molar-refractivity contribution < 1.29 is 0 Å². The topological polar surface area (TPSA) is 56.7 Å². The Labute approximate surface area is 114 Å². The molecule has 0 radical (unpaired) electrons. The highest BCUT2D eigenvalue weighted by atomic mass is 15.3. The SMILES string of the molecule is Cc1cc(C)cc(-c2nnc(CN)n2C(C)(C)C)c1. The quantitative estimate of drug-likeness (QED) is 0.901. The van der Waals surface area contributed by atoms with E-state index in [-0.39, 0.29) is 5.54 Å². The fraction of sp³-hybridized carbons (Fsp3) is 0.467. The number of rotatable bonds is 2. The van der Waals surface area contributed by atoms with Crippen molar-refractivity contribution in [2.75, 3.05) is 0 Å². The molecule has 0 saturated heterocycles. The van der Waals surface area contributed by atoms with Crippen LogP contribution in [0.1, 0.15) is 37.7 Å².